The Hall–Kier alpha value is -1.64. The van der Waals surface area contributed by atoms with Crippen LogP contribution in [-0.4, -0.2) is 15.0 Å². The van der Waals surface area contributed by atoms with Gasteiger partial charge in [-0.1, -0.05) is 56.3 Å². The molecule has 1 aromatic heterocycles. The smallest absolute Gasteiger partial charge is 0.113 e. The van der Waals surface area contributed by atoms with Gasteiger partial charge in [-0.05, 0) is 18.8 Å². The first kappa shape index (κ1) is 12.8. The quantitative estimate of drug-likeness (QED) is 0.817. The Labute approximate surface area is 109 Å². The van der Waals surface area contributed by atoms with E-state index in [1.807, 2.05) is 29.1 Å². The molecular weight excluding hydrogens is 222 g/mol. The Morgan fingerprint density at radius 2 is 1.83 bits per heavy atom. The minimum Gasteiger partial charge on any atom is -0.249 e. The lowest BCUT2D eigenvalue weighted by atomic mass is 9.89. The molecule has 3 nitrogen and oxygen atoms in total. The van der Waals surface area contributed by atoms with Crippen molar-refractivity contribution in [2.75, 3.05) is 0 Å². The minimum atomic E-state index is 0.304. The summed E-state index contributed by atoms with van der Waals surface area (Å²) in [5, 5.41) is 8.49. The Kier molecular flexibility index (Phi) is 3.50. The highest BCUT2D eigenvalue weighted by Gasteiger charge is 2.17. The third kappa shape index (κ3) is 3.19. The fraction of sp³-hybridized carbons (Fsp3) is 0.467. The topological polar surface area (TPSA) is 30.7 Å². The maximum Gasteiger partial charge on any atom is 0.113 e. The van der Waals surface area contributed by atoms with Gasteiger partial charge in [0.25, 0.3) is 0 Å². The van der Waals surface area contributed by atoms with Gasteiger partial charge in [0.2, 0.25) is 0 Å². The predicted molar refractivity (Wildman–Crippen MR) is 74.2 cm³/mol. The second-order valence-corrected chi connectivity index (χ2v) is 6.06. The van der Waals surface area contributed by atoms with Gasteiger partial charge in [0.15, 0.2) is 0 Å². The molecule has 1 atom stereocenters. The van der Waals surface area contributed by atoms with Crippen LogP contribution in [-0.2, 0) is 0 Å². The minimum absolute atomic E-state index is 0.304. The van der Waals surface area contributed by atoms with Crippen LogP contribution in [0.25, 0.3) is 11.3 Å². The van der Waals surface area contributed by atoms with E-state index in [-0.39, 0.29) is 0 Å². The van der Waals surface area contributed by atoms with Crippen molar-refractivity contribution >= 4 is 0 Å². The molecule has 0 aliphatic heterocycles. The lowest BCUT2D eigenvalue weighted by molar-refractivity contribution is 0.290. The van der Waals surface area contributed by atoms with Gasteiger partial charge in [-0.2, -0.15) is 0 Å². The zero-order chi connectivity index (χ0) is 13.2. The molecule has 0 bridgehead atoms. The summed E-state index contributed by atoms with van der Waals surface area (Å²) >= 11 is 0. The van der Waals surface area contributed by atoms with Crippen molar-refractivity contribution in [1.82, 2.24) is 15.0 Å². The van der Waals surface area contributed by atoms with Crippen LogP contribution >= 0.6 is 0 Å². The average Bonchev–Trinajstić information content (AvgIpc) is 2.77. The van der Waals surface area contributed by atoms with E-state index in [0.29, 0.717) is 11.5 Å². The van der Waals surface area contributed by atoms with Crippen LogP contribution in [0, 0.1) is 5.41 Å². The second kappa shape index (κ2) is 4.92. The molecule has 0 saturated carbocycles. The van der Waals surface area contributed by atoms with Crippen molar-refractivity contribution in [3.8, 4) is 11.3 Å². The molecule has 1 unspecified atom stereocenters. The van der Waals surface area contributed by atoms with Gasteiger partial charge in [0.05, 0.1) is 12.2 Å². The van der Waals surface area contributed by atoms with E-state index in [1.54, 1.807) is 0 Å². The first-order valence-corrected chi connectivity index (χ1v) is 6.43. The van der Waals surface area contributed by atoms with Crippen LogP contribution in [0.15, 0.2) is 36.5 Å². The van der Waals surface area contributed by atoms with Crippen molar-refractivity contribution in [2.45, 2.75) is 40.2 Å². The third-order valence-corrected chi connectivity index (χ3v) is 2.94. The van der Waals surface area contributed by atoms with Crippen molar-refractivity contribution in [3.63, 3.8) is 0 Å². The normalized spacial score (nSPS) is 13.6. The van der Waals surface area contributed by atoms with Gasteiger partial charge in [-0.25, -0.2) is 4.68 Å². The molecule has 0 fully saturated rings. The van der Waals surface area contributed by atoms with E-state index in [0.717, 1.165) is 17.7 Å². The van der Waals surface area contributed by atoms with Gasteiger partial charge < -0.3 is 0 Å². The summed E-state index contributed by atoms with van der Waals surface area (Å²) in [5.41, 5.74) is 2.36. The fourth-order valence-corrected chi connectivity index (χ4v) is 2.21. The van der Waals surface area contributed by atoms with Crippen molar-refractivity contribution in [1.29, 1.82) is 0 Å². The lowest BCUT2D eigenvalue weighted by Gasteiger charge is -2.22. The number of rotatable bonds is 3. The summed E-state index contributed by atoms with van der Waals surface area (Å²) in [4.78, 5) is 0. The van der Waals surface area contributed by atoms with Crippen molar-refractivity contribution in [3.05, 3.63) is 36.5 Å². The second-order valence-electron chi connectivity index (χ2n) is 6.06. The number of aromatic nitrogens is 3. The highest BCUT2D eigenvalue weighted by molar-refractivity contribution is 5.57. The van der Waals surface area contributed by atoms with E-state index in [4.69, 9.17) is 0 Å². The predicted octanol–water partition coefficient (Wildman–Crippen LogP) is 3.94. The van der Waals surface area contributed by atoms with E-state index in [1.165, 1.54) is 0 Å². The Balaban J connectivity index is 2.16. The van der Waals surface area contributed by atoms with E-state index >= 15 is 0 Å². The molecule has 0 spiro atoms. The fourth-order valence-electron chi connectivity index (χ4n) is 2.21. The summed E-state index contributed by atoms with van der Waals surface area (Å²) in [6, 6.07) is 10.5. The highest BCUT2D eigenvalue weighted by Crippen LogP contribution is 2.27. The van der Waals surface area contributed by atoms with E-state index in [2.05, 4.69) is 50.1 Å². The van der Waals surface area contributed by atoms with Crippen LogP contribution in [0.1, 0.15) is 40.2 Å². The van der Waals surface area contributed by atoms with E-state index in [9.17, 15) is 0 Å². The number of hydrogen-bond acceptors (Lipinski definition) is 2. The summed E-state index contributed by atoms with van der Waals surface area (Å²) in [6.07, 6.45) is 3.12. The van der Waals surface area contributed by atoms with Gasteiger partial charge in [-0.3, -0.25) is 0 Å². The molecule has 0 N–H and O–H groups in total. The lowest BCUT2D eigenvalue weighted by Crippen LogP contribution is -2.15. The monoisotopic (exact) mass is 243 g/mol. The van der Waals surface area contributed by atoms with Gasteiger partial charge in [0, 0.05) is 5.56 Å². The van der Waals surface area contributed by atoms with Crippen LogP contribution in [0.5, 0.6) is 0 Å². The first-order valence-electron chi connectivity index (χ1n) is 6.43. The number of nitrogens with zero attached hydrogens (tertiary/aromatic N) is 3. The molecular formula is C15H21N3. The van der Waals surface area contributed by atoms with E-state index < -0.39 is 0 Å². The summed E-state index contributed by atoms with van der Waals surface area (Å²) < 4.78 is 1.97. The largest absolute Gasteiger partial charge is 0.249 e. The van der Waals surface area contributed by atoms with Gasteiger partial charge in [0.1, 0.15) is 5.69 Å². The third-order valence-electron chi connectivity index (χ3n) is 2.94. The van der Waals surface area contributed by atoms with Crippen molar-refractivity contribution < 1.29 is 0 Å². The molecule has 18 heavy (non-hydrogen) atoms. The maximum absolute atomic E-state index is 4.25. The summed E-state index contributed by atoms with van der Waals surface area (Å²) in [5.74, 6) is 0. The Morgan fingerprint density at radius 1 is 1.17 bits per heavy atom. The number of hydrogen-bond donors (Lipinski definition) is 0. The highest BCUT2D eigenvalue weighted by atomic mass is 15.4. The van der Waals surface area contributed by atoms with Crippen LogP contribution in [0.3, 0.4) is 0 Å². The molecule has 1 aromatic carbocycles. The molecule has 0 aliphatic carbocycles. The molecule has 0 amide bonds. The van der Waals surface area contributed by atoms with Gasteiger partial charge >= 0.3 is 0 Å². The Bertz CT molecular complexity index is 494. The molecule has 0 radical (unpaired) electrons. The average molecular weight is 243 g/mol. The molecule has 1 heterocycles. The zero-order valence-electron chi connectivity index (χ0n) is 11.6. The molecule has 0 aliphatic rings. The summed E-state index contributed by atoms with van der Waals surface area (Å²) in [6.45, 7) is 8.93. The van der Waals surface area contributed by atoms with Gasteiger partial charge in [-0.15, -0.1) is 5.10 Å². The Morgan fingerprint density at radius 3 is 2.44 bits per heavy atom. The number of benzene rings is 1. The molecule has 2 aromatic rings. The molecule has 2 rings (SSSR count). The van der Waals surface area contributed by atoms with Crippen LogP contribution in [0.4, 0.5) is 0 Å². The van der Waals surface area contributed by atoms with Crippen LogP contribution in [0.2, 0.25) is 0 Å². The molecule has 0 saturated heterocycles. The van der Waals surface area contributed by atoms with Crippen LogP contribution < -0.4 is 0 Å². The summed E-state index contributed by atoms with van der Waals surface area (Å²) in [7, 11) is 0. The standard InChI is InChI=1S/C15H21N3/c1-12(10-15(2,3)4)18-11-14(16-17-18)13-8-6-5-7-9-13/h5-9,11-12H,10H2,1-4H3. The molecule has 3 heteroatoms. The maximum atomic E-state index is 4.25. The molecule has 96 valence electrons. The first-order chi connectivity index (χ1) is 8.46. The zero-order valence-corrected chi connectivity index (χ0v) is 11.6. The SMILES string of the molecule is CC(CC(C)(C)C)n1cc(-c2ccccc2)nn1. The van der Waals surface area contributed by atoms with Crippen molar-refractivity contribution in [2.24, 2.45) is 5.41 Å².